The summed E-state index contributed by atoms with van der Waals surface area (Å²) in [4.78, 5) is 16.4. The molecule has 0 saturated carbocycles. The van der Waals surface area contributed by atoms with E-state index in [1.807, 2.05) is 19.9 Å². The molecule has 6 nitrogen and oxygen atoms in total. The number of nitrogen functional groups attached to an aromatic ring is 1. The van der Waals surface area contributed by atoms with Crippen molar-refractivity contribution in [3.63, 3.8) is 0 Å². The molecule has 1 atom stereocenters. The fraction of sp³-hybridized carbons (Fsp3) is 0.294. The van der Waals surface area contributed by atoms with Crippen molar-refractivity contribution in [3.8, 4) is 11.5 Å². The Hall–Kier alpha value is -2.47. The molecule has 0 saturated heterocycles. The van der Waals surface area contributed by atoms with Gasteiger partial charge in [0.15, 0.2) is 5.69 Å². The number of aromatic nitrogens is 1. The van der Waals surface area contributed by atoms with Crippen molar-refractivity contribution < 1.29 is 14.6 Å². The van der Waals surface area contributed by atoms with Crippen LogP contribution in [0.1, 0.15) is 42.4 Å². The Bertz CT molecular complexity index is 764. The normalized spacial score (nSPS) is 17.8. The van der Waals surface area contributed by atoms with Crippen LogP contribution in [-0.2, 0) is 0 Å². The predicted molar refractivity (Wildman–Crippen MR) is 93.5 cm³/mol. The summed E-state index contributed by atoms with van der Waals surface area (Å²) in [5, 5.41) is 12.7. The zero-order valence-corrected chi connectivity index (χ0v) is 14.3. The van der Waals surface area contributed by atoms with Crippen LogP contribution in [0.2, 0.25) is 0 Å². The van der Waals surface area contributed by atoms with Gasteiger partial charge in [0.05, 0.1) is 6.04 Å². The minimum absolute atomic E-state index is 0. The van der Waals surface area contributed by atoms with Crippen molar-refractivity contribution in [2.75, 3.05) is 5.73 Å². The molecule has 0 radical (unpaired) electrons. The minimum Gasteiger partial charge on any atom is -0.505 e. The summed E-state index contributed by atoms with van der Waals surface area (Å²) in [5.41, 5.74) is 6.87. The number of anilines is 1. The summed E-state index contributed by atoms with van der Waals surface area (Å²) < 4.78 is 5.94. The summed E-state index contributed by atoms with van der Waals surface area (Å²) in [6.45, 7) is 3.92. The number of carbonyl (C=O) groups excluding carboxylic acids is 1. The highest BCUT2D eigenvalue weighted by Crippen LogP contribution is 2.40. The van der Waals surface area contributed by atoms with Crippen LogP contribution in [0.3, 0.4) is 0 Å². The number of amides is 1. The lowest BCUT2D eigenvalue weighted by atomic mass is 9.89. The van der Waals surface area contributed by atoms with Gasteiger partial charge in [-0.1, -0.05) is 0 Å². The third-order valence-corrected chi connectivity index (χ3v) is 3.80. The lowest BCUT2D eigenvalue weighted by Crippen LogP contribution is -2.41. The number of hydrogen-bond donors (Lipinski definition) is 3. The number of hydrogen-bond acceptors (Lipinski definition) is 5. The Kier molecular flexibility index (Phi) is 4.89. The number of nitrogens with two attached hydrogens (primary N) is 1. The summed E-state index contributed by atoms with van der Waals surface area (Å²) in [5.74, 6) is 0.120. The highest BCUT2D eigenvalue weighted by atomic mass is 35.5. The molecule has 4 N–H and O–H groups in total. The number of halogens is 1. The van der Waals surface area contributed by atoms with Crippen LogP contribution < -0.4 is 15.8 Å². The number of carbonyl (C=O) groups is 1. The van der Waals surface area contributed by atoms with Gasteiger partial charge in [0, 0.05) is 23.9 Å². The molecule has 0 spiro atoms. The molecule has 1 aromatic carbocycles. The number of fused-ring (bicyclic) bond motifs is 1. The average Bonchev–Trinajstić information content (AvgIpc) is 2.47. The molecule has 128 valence electrons. The van der Waals surface area contributed by atoms with Gasteiger partial charge in [-0.15, -0.1) is 12.4 Å². The van der Waals surface area contributed by atoms with Crippen molar-refractivity contribution in [1.29, 1.82) is 0 Å². The topological polar surface area (TPSA) is 97.5 Å². The molecule has 1 unspecified atom stereocenters. The first-order valence-corrected chi connectivity index (χ1v) is 7.39. The molecule has 7 heteroatoms. The standard InChI is InChI=1S/C17H19N3O3.ClH/c1-17(2)9-12(11-8-10(18)5-6-14(11)23-17)20-16(22)15-13(21)4-3-7-19-15;/h3-8,12,21H,9,18H2,1-2H3,(H,20,22);1H. The van der Waals surface area contributed by atoms with Crippen LogP contribution in [0.15, 0.2) is 36.5 Å². The third-order valence-electron chi connectivity index (χ3n) is 3.80. The van der Waals surface area contributed by atoms with E-state index in [-0.39, 0.29) is 29.9 Å². The smallest absolute Gasteiger partial charge is 0.274 e. The lowest BCUT2D eigenvalue weighted by molar-refractivity contribution is 0.0618. The monoisotopic (exact) mass is 349 g/mol. The van der Waals surface area contributed by atoms with Crippen LogP contribution in [0.25, 0.3) is 0 Å². The molecular formula is C17H20ClN3O3. The average molecular weight is 350 g/mol. The van der Waals surface area contributed by atoms with Crippen molar-refractivity contribution in [2.45, 2.75) is 31.9 Å². The number of ether oxygens (including phenoxy) is 1. The molecule has 2 heterocycles. The molecule has 1 aliphatic rings. The maximum Gasteiger partial charge on any atom is 0.274 e. The van der Waals surface area contributed by atoms with Crippen LogP contribution in [0.5, 0.6) is 11.5 Å². The molecule has 24 heavy (non-hydrogen) atoms. The quantitative estimate of drug-likeness (QED) is 0.724. The molecule has 2 aromatic rings. The van der Waals surface area contributed by atoms with Gasteiger partial charge in [0.25, 0.3) is 5.91 Å². The van der Waals surface area contributed by atoms with Gasteiger partial charge in [-0.3, -0.25) is 4.79 Å². The summed E-state index contributed by atoms with van der Waals surface area (Å²) in [6.07, 6.45) is 2.05. The maximum absolute atomic E-state index is 12.4. The van der Waals surface area contributed by atoms with Crippen LogP contribution in [-0.4, -0.2) is 21.6 Å². The predicted octanol–water partition coefficient (Wildman–Crippen LogP) is 2.82. The summed E-state index contributed by atoms with van der Waals surface area (Å²) in [7, 11) is 0. The van der Waals surface area contributed by atoms with E-state index in [1.165, 1.54) is 12.3 Å². The van der Waals surface area contributed by atoms with Crippen molar-refractivity contribution in [2.24, 2.45) is 0 Å². The fourth-order valence-corrected chi connectivity index (χ4v) is 2.80. The third kappa shape index (κ3) is 3.54. The Labute approximate surface area is 146 Å². The fourth-order valence-electron chi connectivity index (χ4n) is 2.80. The zero-order chi connectivity index (χ0) is 16.6. The second-order valence-corrected chi connectivity index (χ2v) is 6.26. The van der Waals surface area contributed by atoms with Gasteiger partial charge in [-0.05, 0) is 44.2 Å². The number of pyridine rings is 1. The van der Waals surface area contributed by atoms with E-state index in [4.69, 9.17) is 10.5 Å². The van der Waals surface area contributed by atoms with Gasteiger partial charge in [-0.2, -0.15) is 0 Å². The van der Waals surface area contributed by atoms with Gasteiger partial charge >= 0.3 is 0 Å². The lowest BCUT2D eigenvalue weighted by Gasteiger charge is -2.38. The highest BCUT2D eigenvalue weighted by Gasteiger charge is 2.35. The first-order chi connectivity index (χ1) is 10.9. The van der Waals surface area contributed by atoms with E-state index in [0.29, 0.717) is 17.9 Å². The second kappa shape index (κ2) is 6.57. The first kappa shape index (κ1) is 17.9. The van der Waals surface area contributed by atoms with Crippen molar-refractivity contribution >= 4 is 24.0 Å². The van der Waals surface area contributed by atoms with E-state index in [0.717, 1.165) is 5.56 Å². The largest absolute Gasteiger partial charge is 0.505 e. The summed E-state index contributed by atoms with van der Waals surface area (Å²) in [6, 6.07) is 8.10. The zero-order valence-electron chi connectivity index (χ0n) is 13.4. The Balaban J connectivity index is 0.00000208. The number of aromatic hydroxyl groups is 1. The highest BCUT2D eigenvalue weighted by molar-refractivity contribution is 5.95. The SMILES string of the molecule is CC1(C)CC(NC(=O)c2ncccc2O)c2cc(N)ccc2O1.Cl. The van der Waals surface area contributed by atoms with Crippen molar-refractivity contribution in [3.05, 3.63) is 47.8 Å². The minimum atomic E-state index is -0.431. The van der Waals surface area contributed by atoms with E-state index in [2.05, 4.69) is 10.3 Å². The van der Waals surface area contributed by atoms with Crippen LogP contribution in [0, 0.1) is 0 Å². The number of benzene rings is 1. The Morgan fingerprint density at radius 2 is 2.17 bits per heavy atom. The molecule has 3 rings (SSSR count). The molecule has 1 aromatic heterocycles. The first-order valence-electron chi connectivity index (χ1n) is 7.39. The molecule has 0 aliphatic carbocycles. The molecule has 1 amide bonds. The van der Waals surface area contributed by atoms with E-state index >= 15 is 0 Å². The molecule has 1 aliphatic heterocycles. The number of nitrogens with one attached hydrogen (secondary N) is 1. The molecular weight excluding hydrogens is 330 g/mol. The molecule has 0 bridgehead atoms. The Morgan fingerprint density at radius 1 is 1.42 bits per heavy atom. The summed E-state index contributed by atoms with van der Waals surface area (Å²) >= 11 is 0. The van der Waals surface area contributed by atoms with Gasteiger partial charge < -0.3 is 20.9 Å². The van der Waals surface area contributed by atoms with Gasteiger partial charge in [0.2, 0.25) is 0 Å². The van der Waals surface area contributed by atoms with Crippen LogP contribution in [0.4, 0.5) is 5.69 Å². The van der Waals surface area contributed by atoms with Crippen molar-refractivity contribution in [1.82, 2.24) is 10.3 Å². The van der Waals surface area contributed by atoms with Crippen LogP contribution >= 0.6 is 12.4 Å². The number of rotatable bonds is 2. The Morgan fingerprint density at radius 3 is 2.88 bits per heavy atom. The van der Waals surface area contributed by atoms with E-state index in [9.17, 15) is 9.90 Å². The van der Waals surface area contributed by atoms with Gasteiger partial charge in [0.1, 0.15) is 17.1 Å². The number of nitrogens with zero attached hydrogens (tertiary/aromatic N) is 1. The second-order valence-electron chi connectivity index (χ2n) is 6.26. The van der Waals surface area contributed by atoms with Gasteiger partial charge in [-0.25, -0.2) is 4.98 Å². The molecule has 0 fully saturated rings. The van der Waals surface area contributed by atoms with E-state index in [1.54, 1.807) is 18.2 Å². The maximum atomic E-state index is 12.4. The van der Waals surface area contributed by atoms with E-state index < -0.39 is 11.5 Å².